The van der Waals surface area contributed by atoms with Gasteiger partial charge in [-0.1, -0.05) is 6.92 Å². The SMILES string of the molecule is CCCOc1ccc(NC(=O)C[C@@H]2C(=O)N(c3ccc(OCC)cc3)C(=S)N2C2CC2)cc1. The molecule has 7 nitrogen and oxygen atoms in total. The van der Waals surface area contributed by atoms with Crippen LogP contribution in [0.3, 0.4) is 0 Å². The number of amides is 2. The zero-order valence-electron chi connectivity index (χ0n) is 19.0. The monoisotopic (exact) mass is 467 g/mol. The quantitative estimate of drug-likeness (QED) is 0.524. The molecule has 0 unspecified atom stereocenters. The molecule has 2 aromatic carbocycles. The number of hydrogen-bond acceptors (Lipinski definition) is 5. The molecule has 2 aromatic rings. The van der Waals surface area contributed by atoms with Crippen LogP contribution in [0.2, 0.25) is 0 Å². The van der Waals surface area contributed by atoms with Crippen molar-refractivity contribution in [3.63, 3.8) is 0 Å². The van der Waals surface area contributed by atoms with Gasteiger partial charge >= 0.3 is 0 Å². The number of ether oxygens (including phenoxy) is 2. The number of nitrogens with one attached hydrogen (secondary N) is 1. The molecule has 2 fully saturated rings. The Morgan fingerprint density at radius 1 is 1.03 bits per heavy atom. The van der Waals surface area contributed by atoms with Gasteiger partial charge in [0.25, 0.3) is 5.91 Å². The molecule has 4 rings (SSSR count). The number of carbonyl (C=O) groups is 2. The van der Waals surface area contributed by atoms with Gasteiger partial charge < -0.3 is 19.7 Å². The van der Waals surface area contributed by atoms with E-state index in [9.17, 15) is 9.59 Å². The lowest BCUT2D eigenvalue weighted by molar-refractivity contribution is -0.124. The van der Waals surface area contributed by atoms with Gasteiger partial charge in [-0.05, 0) is 86.9 Å². The average Bonchev–Trinajstić information content (AvgIpc) is 3.61. The molecule has 0 spiro atoms. The molecule has 33 heavy (non-hydrogen) atoms. The summed E-state index contributed by atoms with van der Waals surface area (Å²) in [7, 11) is 0. The smallest absolute Gasteiger partial charge is 0.256 e. The molecule has 1 atom stereocenters. The predicted octanol–water partition coefficient (Wildman–Crippen LogP) is 4.37. The highest BCUT2D eigenvalue weighted by Gasteiger charge is 2.49. The summed E-state index contributed by atoms with van der Waals surface area (Å²) in [5.74, 6) is 1.10. The van der Waals surface area contributed by atoms with Crippen molar-refractivity contribution < 1.29 is 19.1 Å². The molecule has 1 N–H and O–H groups in total. The summed E-state index contributed by atoms with van der Waals surface area (Å²) >= 11 is 5.68. The number of hydrogen-bond donors (Lipinski definition) is 1. The molecule has 0 radical (unpaired) electrons. The summed E-state index contributed by atoms with van der Waals surface area (Å²) in [5.41, 5.74) is 1.35. The Labute approximate surface area is 199 Å². The number of thiocarbonyl (C=S) groups is 1. The van der Waals surface area contributed by atoms with Gasteiger partial charge in [-0.2, -0.15) is 0 Å². The molecule has 1 aliphatic heterocycles. The fraction of sp³-hybridized carbons (Fsp3) is 0.400. The Morgan fingerprint density at radius 2 is 1.67 bits per heavy atom. The topological polar surface area (TPSA) is 71.1 Å². The maximum atomic E-state index is 13.4. The first-order chi connectivity index (χ1) is 16.0. The fourth-order valence-corrected chi connectivity index (χ4v) is 4.37. The Morgan fingerprint density at radius 3 is 2.27 bits per heavy atom. The first kappa shape index (κ1) is 23.0. The van der Waals surface area contributed by atoms with Gasteiger partial charge in [0.15, 0.2) is 5.11 Å². The third-order valence-corrected chi connectivity index (χ3v) is 5.98. The lowest BCUT2D eigenvalue weighted by atomic mass is 10.1. The minimum Gasteiger partial charge on any atom is -0.494 e. The number of rotatable bonds is 10. The molecule has 1 saturated carbocycles. The molecule has 1 heterocycles. The van der Waals surface area contributed by atoms with Crippen LogP contribution in [0.15, 0.2) is 48.5 Å². The summed E-state index contributed by atoms with van der Waals surface area (Å²) in [6.07, 6.45) is 2.92. The zero-order chi connectivity index (χ0) is 23.4. The van der Waals surface area contributed by atoms with E-state index in [1.807, 2.05) is 55.1 Å². The number of benzene rings is 2. The number of nitrogens with zero attached hydrogens (tertiary/aromatic N) is 2. The molecule has 8 heteroatoms. The summed E-state index contributed by atoms with van der Waals surface area (Å²) < 4.78 is 11.1. The van der Waals surface area contributed by atoms with Crippen LogP contribution < -0.4 is 19.7 Å². The summed E-state index contributed by atoms with van der Waals surface area (Å²) in [4.78, 5) is 29.7. The molecule has 2 amide bonds. The van der Waals surface area contributed by atoms with Gasteiger partial charge in [0.2, 0.25) is 5.91 Å². The summed E-state index contributed by atoms with van der Waals surface area (Å²) in [6.45, 7) is 5.19. The van der Waals surface area contributed by atoms with Gasteiger partial charge in [-0.15, -0.1) is 0 Å². The van der Waals surface area contributed by atoms with Crippen LogP contribution in [0.5, 0.6) is 11.5 Å². The number of anilines is 2. The normalized spacial score (nSPS) is 17.9. The first-order valence-electron chi connectivity index (χ1n) is 11.4. The minimum atomic E-state index is -0.608. The van der Waals surface area contributed by atoms with Crippen LogP contribution >= 0.6 is 12.2 Å². The highest BCUT2D eigenvalue weighted by molar-refractivity contribution is 7.80. The predicted molar refractivity (Wildman–Crippen MR) is 132 cm³/mol. The van der Waals surface area contributed by atoms with Crippen LogP contribution in [0.25, 0.3) is 0 Å². The molecule has 1 saturated heterocycles. The van der Waals surface area contributed by atoms with E-state index in [2.05, 4.69) is 5.32 Å². The average molecular weight is 468 g/mol. The van der Waals surface area contributed by atoms with Crippen molar-refractivity contribution in [2.75, 3.05) is 23.4 Å². The molecule has 2 aliphatic rings. The standard InChI is InChI=1S/C25H29N3O4S/c1-3-15-32-21-11-5-17(6-12-21)26-23(29)16-22-24(30)28(25(33)27(22)18-7-8-18)19-9-13-20(14-10-19)31-4-2/h5-6,9-14,18,22H,3-4,7-8,15-16H2,1-2H3,(H,26,29)/t22-/m1/s1. The zero-order valence-corrected chi connectivity index (χ0v) is 19.8. The lowest BCUT2D eigenvalue weighted by Crippen LogP contribution is -2.39. The molecular weight excluding hydrogens is 438 g/mol. The van der Waals surface area contributed by atoms with Crippen LogP contribution in [0.4, 0.5) is 11.4 Å². The van der Waals surface area contributed by atoms with Crippen LogP contribution in [0, 0.1) is 0 Å². The minimum absolute atomic E-state index is 0.0388. The molecule has 174 valence electrons. The highest BCUT2D eigenvalue weighted by Crippen LogP contribution is 2.37. The molecular formula is C25H29N3O4S. The van der Waals surface area contributed by atoms with Gasteiger partial charge in [0, 0.05) is 11.7 Å². The van der Waals surface area contributed by atoms with E-state index in [0.717, 1.165) is 30.8 Å². The Balaban J connectivity index is 1.45. The van der Waals surface area contributed by atoms with E-state index >= 15 is 0 Å². The maximum absolute atomic E-state index is 13.4. The largest absolute Gasteiger partial charge is 0.494 e. The van der Waals surface area contributed by atoms with Crippen LogP contribution in [-0.4, -0.2) is 47.1 Å². The van der Waals surface area contributed by atoms with Crippen molar-refractivity contribution in [2.24, 2.45) is 0 Å². The van der Waals surface area contributed by atoms with E-state index in [1.165, 1.54) is 0 Å². The molecule has 0 bridgehead atoms. The van der Waals surface area contributed by atoms with E-state index in [-0.39, 0.29) is 24.3 Å². The van der Waals surface area contributed by atoms with Crippen LogP contribution in [0.1, 0.15) is 39.5 Å². The lowest BCUT2D eigenvalue weighted by Gasteiger charge is -2.23. The Kier molecular flexibility index (Phi) is 7.13. The number of carbonyl (C=O) groups excluding carboxylic acids is 2. The van der Waals surface area contributed by atoms with Gasteiger partial charge in [-0.3, -0.25) is 14.5 Å². The first-order valence-corrected chi connectivity index (χ1v) is 11.8. The third kappa shape index (κ3) is 5.27. The summed E-state index contributed by atoms with van der Waals surface area (Å²) in [6, 6.07) is 14.1. The second-order valence-electron chi connectivity index (χ2n) is 8.16. The van der Waals surface area contributed by atoms with E-state index < -0.39 is 6.04 Å². The van der Waals surface area contributed by atoms with E-state index in [0.29, 0.717) is 29.7 Å². The van der Waals surface area contributed by atoms with Gasteiger partial charge in [0.1, 0.15) is 17.5 Å². The Bertz CT molecular complexity index is 1010. The van der Waals surface area contributed by atoms with E-state index in [4.69, 9.17) is 21.7 Å². The Hall–Kier alpha value is -3.13. The van der Waals surface area contributed by atoms with Gasteiger partial charge in [0.05, 0.1) is 25.3 Å². The van der Waals surface area contributed by atoms with Crippen molar-refractivity contribution >= 4 is 40.5 Å². The van der Waals surface area contributed by atoms with Crippen molar-refractivity contribution in [1.29, 1.82) is 0 Å². The van der Waals surface area contributed by atoms with Crippen LogP contribution in [-0.2, 0) is 9.59 Å². The maximum Gasteiger partial charge on any atom is 0.256 e. The van der Waals surface area contributed by atoms with Crippen molar-refractivity contribution in [2.45, 2.75) is 51.6 Å². The van der Waals surface area contributed by atoms with Crippen molar-refractivity contribution in [3.8, 4) is 11.5 Å². The van der Waals surface area contributed by atoms with Crippen molar-refractivity contribution in [1.82, 2.24) is 4.90 Å². The summed E-state index contributed by atoms with van der Waals surface area (Å²) in [5, 5.41) is 3.35. The fourth-order valence-electron chi connectivity index (χ4n) is 3.90. The highest BCUT2D eigenvalue weighted by atomic mass is 32.1. The van der Waals surface area contributed by atoms with Crippen molar-refractivity contribution in [3.05, 3.63) is 48.5 Å². The van der Waals surface area contributed by atoms with E-state index in [1.54, 1.807) is 17.0 Å². The third-order valence-electron chi connectivity index (χ3n) is 5.59. The second kappa shape index (κ2) is 10.2. The second-order valence-corrected chi connectivity index (χ2v) is 8.53. The van der Waals surface area contributed by atoms with Gasteiger partial charge in [-0.25, -0.2) is 0 Å². The molecule has 1 aliphatic carbocycles. The molecule has 0 aromatic heterocycles.